The lowest BCUT2D eigenvalue weighted by molar-refractivity contribution is -0.116. The van der Waals surface area contributed by atoms with Crippen LogP contribution in [0, 0.1) is 13.8 Å². The van der Waals surface area contributed by atoms with Crippen molar-refractivity contribution in [3.8, 4) is 5.75 Å². The van der Waals surface area contributed by atoms with Gasteiger partial charge in [-0.1, -0.05) is 30.4 Å². The Morgan fingerprint density at radius 3 is 2.91 bits per heavy atom. The zero-order chi connectivity index (χ0) is 16.7. The predicted octanol–water partition coefficient (Wildman–Crippen LogP) is 3.91. The lowest BCUT2D eigenvalue weighted by Gasteiger charge is -2.09. The first-order valence-corrected chi connectivity index (χ1v) is 8.72. The molecule has 0 aliphatic rings. The van der Waals surface area contributed by atoms with Gasteiger partial charge in [-0.25, -0.2) is 0 Å². The second kappa shape index (κ2) is 8.62. The molecule has 5 nitrogen and oxygen atoms in total. The van der Waals surface area contributed by atoms with Gasteiger partial charge in [0.25, 0.3) is 0 Å². The first-order valence-electron chi connectivity index (χ1n) is 7.90. The number of hydrogen-bond donors (Lipinski definition) is 1. The second-order valence-electron chi connectivity index (χ2n) is 5.52. The first kappa shape index (κ1) is 17.4. The molecular weight excluding hydrogens is 310 g/mol. The van der Waals surface area contributed by atoms with Crippen molar-refractivity contribution in [3.05, 3.63) is 34.3 Å². The van der Waals surface area contributed by atoms with E-state index in [9.17, 15) is 4.79 Å². The van der Waals surface area contributed by atoms with Gasteiger partial charge in [0.1, 0.15) is 10.8 Å². The van der Waals surface area contributed by atoms with Crippen LogP contribution in [0.4, 0.5) is 5.13 Å². The minimum atomic E-state index is -0.0474. The van der Waals surface area contributed by atoms with E-state index in [1.54, 1.807) is 0 Å². The lowest BCUT2D eigenvalue weighted by atomic mass is 10.1. The maximum absolute atomic E-state index is 11.9. The Kier molecular flexibility index (Phi) is 6.52. The zero-order valence-electron chi connectivity index (χ0n) is 13.9. The molecule has 6 heteroatoms. The molecule has 23 heavy (non-hydrogen) atoms. The van der Waals surface area contributed by atoms with Crippen molar-refractivity contribution in [1.82, 2.24) is 10.2 Å². The fraction of sp³-hybridized carbons (Fsp3) is 0.471. The SMILES string of the molecule is CCCc1nnc(NC(=O)CCCOc2cc(C)ccc2C)s1. The predicted molar refractivity (Wildman–Crippen MR) is 93.2 cm³/mol. The third-order valence-electron chi connectivity index (χ3n) is 3.33. The number of carbonyl (C=O) groups is 1. The number of nitrogens with zero attached hydrogens (tertiary/aromatic N) is 2. The highest BCUT2D eigenvalue weighted by atomic mass is 32.1. The third kappa shape index (κ3) is 5.63. The summed E-state index contributed by atoms with van der Waals surface area (Å²) in [4.78, 5) is 11.9. The van der Waals surface area contributed by atoms with E-state index in [2.05, 4.69) is 28.5 Å². The van der Waals surface area contributed by atoms with Gasteiger partial charge in [0.15, 0.2) is 0 Å². The van der Waals surface area contributed by atoms with Crippen LogP contribution in [0.1, 0.15) is 42.3 Å². The van der Waals surface area contributed by atoms with Crippen molar-refractivity contribution >= 4 is 22.4 Å². The molecule has 2 aromatic rings. The number of benzene rings is 1. The van der Waals surface area contributed by atoms with Crippen molar-refractivity contribution < 1.29 is 9.53 Å². The van der Waals surface area contributed by atoms with Crippen LogP contribution in [-0.2, 0) is 11.2 Å². The Morgan fingerprint density at radius 2 is 2.13 bits per heavy atom. The van der Waals surface area contributed by atoms with Gasteiger partial charge in [0.2, 0.25) is 11.0 Å². The molecule has 1 aromatic carbocycles. The van der Waals surface area contributed by atoms with E-state index in [0.717, 1.165) is 29.2 Å². The second-order valence-corrected chi connectivity index (χ2v) is 6.58. The third-order valence-corrected chi connectivity index (χ3v) is 4.22. The molecule has 0 spiro atoms. The Labute approximate surface area is 141 Å². The smallest absolute Gasteiger partial charge is 0.226 e. The minimum absolute atomic E-state index is 0.0474. The van der Waals surface area contributed by atoms with Crippen LogP contribution in [-0.4, -0.2) is 22.7 Å². The molecule has 0 saturated carbocycles. The van der Waals surface area contributed by atoms with Gasteiger partial charge >= 0.3 is 0 Å². The fourth-order valence-corrected chi connectivity index (χ4v) is 2.94. The Bertz CT molecular complexity index is 655. The van der Waals surface area contributed by atoms with E-state index < -0.39 is 0 Å². The first-order chi connectivity index (χ1) is 11.1. The van der Waals surface area contributed by atoms with Gasteiger partial charge in [0.05, 0.1) is 6.61 Å². The quantitative estimate of drug-likeness (QED) is 0.744. The van der Waals surface area contributed by atoms with Gasteiger partial charge in [-0.2, -0.15) is 0 Å². The van der Waals surface area contributed by atoms with Gasteiger partial charge in [-0.3, -0.25) is 4.79 Å². The number of carbonyl (C=O) groups excluding carboxylic acids is 1. The number of aryl methyl sites for hydroxylation is 3. The molecule has 1 N–H and O–H groups in total. The van der Waals surface area contributed by atoms with E-state index in [1.807, 2.05) is 26.0 Å². The van der Waals surface area contributed by atoms with Gasteiger partial charge in [-0.05, 0) is 43.9 Å². The van der Waals surface area contributed by atoms with E-state index in [0.29, 0.717) is 24.6 Å². The van der Waals surface area contributed by atoms with E-state index in [4.69, 9.17) is 4.74 Å². The van der Waals surface area contributed by atoms with E-state index >= 15 is 0 Å². The Hall–Kier alpha value is -1.95. The molecule has 0 bridgehead atoms. The molecule has 0 aliphatic heterocycles. The molecule has 0 saturated heterocycles. The fourth-order valence-electron chi connectivity index (χ4n) is 2.08. The molecule has 2 rings (SSSR count). The van der Waals surface area contributed by atoms with Gasteiger partial charge in [-0.15, -0.1) is 10.2 Å². The van der Waals surface area contributed by atoms with Crippen LogP contribution in [0.5, 0.6) is 5.75 Å². The lowest BCUT2D eigenvalue weighted by Crippen LogP contribution is -2.12. The number of aromatic nitrogens is 2. The number of amides is 1. The molecule has 0 aliphatic carbocycles. The standard InChI is InChI=1S/C17H23N3O2S/c1-4-6-16-19-20-17(23-16)18-15(21)7-5-10-22-14-11-12(2)8-9-13(14)3/h8-9,11H,4-7,10H2,1-3H3,(H,18,20,21). The molecule has 0 radical (unpaired) electrons. The molecule has 124 valence electrons. The highest BCUT2D eigenvalue weighted by Crippen LogP contribution is 2.20. The van der Waals surface area contributed by atoms with Crippen LogP contribution in [0.2, 0.25) is 0 Å². The summed E-state index contributed by atoms with van der Waals surface area (Å²) in [5, 5.41) is 12.3. The van der Waals surface area contributed by atoms with Crippen molar-refractivity contribution in [2.24, 2.45) is 0 Å². The van der Waals surface area contributed by atoms with Gasteiger partial charge < -0.3 is 10.1 Å². The summed E-state index contributed by atoms with van der Waals surface area (Å²) in [7, 11) is 0. The van der Waals surface area contributed by atoms with E-state index in [1.165, 1.54) is 16.9 Å². The number of rotatable bonds is 8. The van der Waals surface area contributed by atoms with Crippen LogP contribution < -0.4 is 10.1 Å². The minimum Gasteiger partial charge on any atom is -0.493 e. The summed E-state index contributed by atoms with van der Waals surface area (Å²) in [6.07, 6.45) is 3.00. The summed E-state index contributed by atoms with van der Waals surface area (Å²) in [6, 6.07) is 6.12. The Morgan fingerprint density at radius 1 is 1.30 bits per heavy atom. The summed E-state index contributed by atoms with van der Waals surface area (Å²) in [5.74, 6) is 0.840. The van der Waals surface area contributed by atoms with Crippen LogP contribution in [0.3, 0.4) is 0 Å². The van der Waals surface area contributed by atoms with Crippen LogP contribution in [0.15, 0.2) is 18.2 Å². The zero-order valence-corrected chi connectivity index (χ0v) is 14.7. The molecule has 0 fully saturated rings. The van der Waals surface area contributed by atoms with Crippen LogP contribution >= 0.6 is 11.3 Å². The number of ether oxygens (including phenoxy) is 1. The Balaban J connectivity index is 1.71. The van der Waals surface area contributed by atoms with E-state index in [-0.39, 0.29) is 5.91 Å². The average molecular weight is 333 g/mol. The molecule has 1 heterocycles. The number of nitrogens with one attached hydrogen (secondary N) is 1. The number of hydrogen-bond acceptors (Lipinski definition) is 5. The molecular formula is C17H23N3O2S. The van der Waals surface area contributed by atoms with Crippen molar-refractivity contribution in [2.75, 3.05) is 11.9 Å². The van der Waals surface area contributed by atoms with Gasteiger partial charge in [0, 0.05) is 12.8 Å². The largest absolute Gasteiger partial charge is 0.493 e. The monoisotopic (exact) mass is 333 g/mol. The van der Waals surface area contributed by atoms with Crippen molar-refractivity contribution in [3.63, 3.8) is 0 Å². The van der Waals surface area contributed by atoms with Crippen molar-refractivity contribution in [2.45, 2.75) is 46.5 Å². The topological polar surface area (TPSA) is 64.1 Å². The molecule has 1 aromatic heterocycles. The molecule has 0 unspecified atom stereocenters. The van der Waals surface area contributed by atoms with Crippen molar-refractivity contribution in [1.29, 1.82) is 0 Å². The maximum atomic E-state index is 11.9. The van der Waals surface area contributed by atoms with Crippen LogP contribution in [0.25, 0.3) is 0 Å². The summed E-state index contributed by atoms with van der Waals surface area (Å²) in [5.41, 5.74) is 2.28. The molecule has 0 atom stereocenters. The maximum Gasteiger partial charge on any atom is 0.226 e. The highest BCUT2D eigenvalue weighted by molar-refractivity contribution is 7.15. The number of anilines is 1. The highest BCUT2D eigenvalue weighted by Gasteiger charge is 2.08. The average Bonchev–Trinajstić information content (AvgIpc) is 2.94. The summed E-state index contributed by atoms with van der Waals surface area (Å²) in [6.45, 7) is 6.67. The summed E-state index contributed by atoms with van der Waals surface area (Å²) < 4.78 is 5.75. The molecule has 1 amide bonds. The summed E-state index contributed by atoms with van der Waals surface area (Å²) >= 11 is 1.44. The normalized spacial score (nSPS) is 10.6.